The van der Waals surface area contributed by atoms with E-state index in [2.05, 4.69) is 23.3 Å². The number of aryl methyl sites for hydroxylation is 2. The summed E-state index contributed by atoms with van der Waals surface area (Å²) in [5.41, 5.74) is 4.87. The van der Waals surface area contributed by atoms with Gasteiger partial charge in [0.2, 0.25) is 0 Å². The third kappa shape index (κ3) is 3.54. The average molecular weight is 320 g/mol. The monoisotopic (exact) mass is 320 g/mol. The molecule has 0 fully saturated rings. The second-order valence-electron chi connectivity index (χ2n) is 5.93. The summed E-state index contributed by atoms with van der Waals surface area (Å²) in [7, 11) is 1.64. The van der Waals surface area contributed by atoms with Crippen LogP contribution in [-0.4, -0.2) is 18.9 Å². The molecule has 2 aromatic rings. The van der Waals surface area contributed by atoms with Crippen molar-refractivity contribution in [3.8, 4) is 5.75 Å². The van der Waals surface area contributed by atoms with Gasteiger partial charge in [-0.1, -0.05) is 35.9 Å². The van der Waals surface area contributed by atoms with Crippen LogP contribution in [0.1, 0.15) is 22.3 Å². The van der Waals surface area contributed by atoms with Gasteiger partial charge in [-0.25, -0.2) is 4.99 Å². The Bertz CT molecular complexity index is 833. The lowest BCUT2D eigenvalue weighted by Crippen LogP contribution is -2.25. The Kier molecular flexibility index (Phi) is 4.47. The highest BCUT2D eigenvalue weighted by Gasteiger charge is 2.20. The van der Waals surface area contributed by atoms with Crippen LogP contribution in [0.5, 0.6) is 5.75 Å². The smallest absolute Gasteiger partial charge is 0.275 e. The van der Waals surface area contributed by atoms with Crippen LogP contribution >= 0.6 is 0 Å². The number of carbonyl (C=O) groups is 1. The van der Waals surface area contributed by atoms with Crippen molar-refractivity contribution in [1.82, 2.24) is 5.32 Å². The first-order chi connectivity index (χ1) is 11.5. The Morgan fingerprint density at radius 2 is 1.88 bits per heavy atom. The zero-order chi connectivity index (χ0) is 17.1. The Labute approximate surface area is 141 Å². The van der Waals surface area contributed by atoms with E-state index in [1.54, 1.807) is 7.11 Å². The largest absolute Gasteiger partial charge is 0.497 e. The summed E-state index contributed by atoms with van der Waals surface area (Å²) < 4.78 is 5.15. The minimum atomic E-state index is -0.154. The zero-order valence-corrected chi connectivity index (χ0v) is 14.1. The van der Waals surface area contributed by atoms with Crippen LogP contribution in [-0.2, 0) is 11.2 Å². The molecule has 1 heterocycles. The van der Waals surface area contributed by atoms with Gasteiger partial charge in [0.25, 0.3) is 5.91 Å². The van der Waals surface area contributed by atoms with E-state index in [4.69, 9.17) is 4.74 Å². The number of ether oxygens (including phenoxy) is 1. The topological polar surface area (TPSA) is 50.7 Å². The predicted molar refractivity (Wildman–Crippen MR) is 96.2 cm³/mol. The number of aliphatic imine (C=N–C) groups is 1. The molecule has 0 spiro atoms. The summed E-state index contributed by atoms with van der Waals surface area (Å²) in [5, 5.41) is 2.84. The quantitative estimate of drug-likeness (QED) is 0.878. The molecule has 0 bridgehead atoms. The van der Waals surface area contributed by atoms with Crippen molar-refractivity contribution in [3.05, 3.63) is 70.4 Å². The molecule has 1 aliphatic heterocycles. The molecule has 0 unspecified atom stereocenters. The average Bonchev–Trinajstić information content (AvgIpc) is 2.90. The van der Waals surface area contributed by atoms with E-state index in [1.165, 1.54) is 5.56 Å². The summed E-state index contributed by atoms with van der Waals surface area (Å²) in [6, 6.07) is 13.9. The second kappa shape index (κ2) is 6.71. The molecule has 0 radical (unpaired) electrons. The van der Waals surface area contributed by atoms with Crippen molar-refractivity contribution in [2.45, 2.75) is 20.3 Å². The molecule has 122 valence electrons. The Morgan fingerprint density at radius 1 is 1.12 bits per heavy atom. The van der Waals surface area contributed by atoms with Gasteiger partial charge in [0.15, 0.2) is 0 Å². The van der Waals surface area contributed by atoms with Crippen LogP contribution in [0.15, 0.2) is 53.2 Å². The molecule has 0 saturated carbocycles. The number of amidine groups is 1. The Balaban J connectivity index is 1.80. The van der Waals surface area contributed by atoms with E-state index in [9.17, 15) is 4.79 Å². The number of hydrogen-bond donors (Lipinski definition) is 1. The van der Waals surface area contributed by atoms with Gasteiger partial charge in [-0.05, 0) is 48.7 Å². The van der Waals surface area contributed by atoms with Crippen LogP contribution in [0, 0.1) is 13.8 Å². The van der Waals surface area contributed by atoms with Gasteiger partial charge in [0, 0.05) is 6.42 Å². The molecular formula is C20H20N2O2. The maximum atomic E-state index is 12.1. The van der Waals surface area contributed by atoms with Gasteiger partial charge in [0.1, 0.15) is 17.3 Å². The fourth-order valence-corrected chi connectivity index (χ4v) is 2.67. The molecular weight excluding hydrogens is 300 g/mol. The zero-order valence-electron chi connectivity index (χ0n) is 14.1. The highest BCUT2D eigenvalue weighted by molar-refractivity contribution is 6.14. The van der Waals surface area contributed by atoms with Crippen molar-refractivity contribution in [1.29, 1.82) is 0 Å². The molecule has 24 heavy (non-hydrogen) atoms. The maximum Gasteiger partial charge on any atom is 0.275 e. The summed E-state index contributed by atoms with van der Waals surface area (Å²) >= 11 is 0. The van der Waals surface area contributed by atoms with E-state index in [0.717, 1.165) is 22.4 Å². The van der Waals surface area contributed by atoms with Crippen molar-refractivity contribution in [3.63, 3.8) is 0 Å². The summed E-state index contributed by atoms with van der Waals surface area (Å²) in [5.74, 6) is 1.33. The molecule has 1 aliphatic rings. The number of hydrogen-bond acceptors (Lipinski definition) is 3. The van der Waals surface area contributed by atoms with Gasteiger partial charge in [-0.2, -0.15) is 0 Å². The summed E-state index contributed by atoms with van der Waals surface area (Å²) in [4.78, 5) is 16.6. The lowest BCUT2D eigenvalue weighted by Gasteiger charge is -2.03. The third-order valence-electron chi connectivity index (χ3n) is 3.99. The van der Waals surface area contributed by atoms with Crippen molar-refractivity contribution in [2.75, 3.05) is 7.11 Å². The van der Waals surface area contributed by atoms with E-state index in [1.807, 2.05) is 49.4 Å². The number of nitrogens with zero attached hydrogens (tertiary/aromatic N) is 1. The van der Waals surface area contributed by atoms with Crippen molar-refractivity contribution < 1.29 is 9.53 Å². The molecule has 3 rings (SSSR count). The number of methoxy groups -OCH3 is 1. The molecule has 4 nitrogen and oxygen atoms in total. The van der Waals surface area contributed by atoms with E-state index < -0.39 is 0 Å². The molecule has 1 amide bonds. The van der Waals surface area contributed by atoms with Gasteiger partial charge in [-0.15, -0.1) is 0 Å². The number of rotatable bonds is 4. The van der Waals surface area contributed by atoms with Crippen LogP contribution in [0.3, 0.4) is 0 Å². The SMILES string of the molecule is COc1ccc(CC2=N/C(=C\c3ccc(C)cc3C)C(=O)N2)cc1. The van der Waals surface area contributed by atoms with E-state index in [0.29, 0.717) is 18.0 Å². The molecule has 4 heteroatoms. The first-order valence-electron chi connectivity index (χ1n) is 7.86. The molecule has 2 aromatic carbocycles. The summed E-state index contributed by atoms with van der Waals surface area (Å²) in [6.45, 7) is 4.09. The van der Waals surface area contributed by atoms with Gasteiger partial charge in [0.05, 0.1) is 7.11 Å². The van der Waals surface area contributed by atoms with Crippen LogP contribution < -0.4 is 10.1 Å². The van der Waals surface area contributed by atoms with Crippen LogP contribution in [0.4, 0.5) is 0 Å². The lowest BCUT2D eigenvalue weighted by atomic mass is 10.0. The van der Waals surface area contributed by atoms with E-state index in [-0.39, 0.29) is 5.91 Å². The van der Waals surface area contributed by atoms with Crippen LogP contribution in [0.2, 0.25) is 0 Å². The molecule has 0 saturated heterocycles. The predicted octanol–water partition coefficient (Wildman–Crippen LogP) is 3.42. The van der Waals surface area contributed by atoms with Crippen molar-refractivity contribution in [2.24, 2.45) is 4.99 Å². The minimum Gasteiger partial charge on any atom is -0.497 e. The summed E-state index contributed by atoms with van der Waals surface area (Å²) in [6.07, 6.45) is 2.42. The second-order valence-corrected chi connectivity index (χ2v) is 5.93. The normalized spacial score (nSPS) is 15.4. The first kappa shape index (κ1) is 16.0. The highest BCUT2D eigenvalue weighted by atomic mass is 16.5. The number of benzene rings is 2. The third-order valence-corrected chi connectivity index (χ3v) is 3.99. The minimum absolute atomic E-state index is 0.154. The first-order valence-corrected chi connectivity index (χ1v) is 7.86. The molecule has 0 aliphatic carbocycles. The maximum absolute atomic E-state index is 12.1. The fraction of sp³-hybridized carbons (Fsp3) is 0.200. The number of amides is 1. The van der Waals surface area contributed by atoms with Gasteiger partial charge < -0.3 is 10.1 Å². The molecule has 1 N–H and O–H groups in total. The fourth-order valence-electron chi connectivity index (χ4n) is 2.67. The molecule has 0 aromatic heterocycles. The standard InChI is InChI=1S/C20H20N2O2/c1-13-4-7-16(14(2)10-13)12-18-20(23)22-19(21-18)11-15-5-8-17(24-3)9-6-15/h4-10,12H,11H2,1-3H3,(H,21,22,23)/b18-12-. The van der Waals surface area contributed by atoms with Gasteiger partial charge >= 0.3 is 0 Å². The highest BCUT2D eigenvalue weighted by Crippen LogP contribution is 2.18. The van der Waals surface area contributed by atoms with Gasteiger partial charge in [-0.3, -0.25) is 4.79 Å². The molecule has 0 atom stereocenters. The number of carbonyl (C=O) groups excluding carboxylic acids is 1. The van der Waals surface area contributed by atoms with E-state index >= 15 is 0 Å². The van der Waals surface area contributed by atoms with Crippen LogP contribution in [0.25, 0.3) is 6.08 Å². The lowest BCUT2D eigenvalue weighted by molar-refractivity contribution is -0.115. The number of nitrogens with one attached hydrogen (secondary N) is 1. The Morgan fingerprint density at radius 3 is 2.54 bits per heavy atom. The van der Waals surface area contributed by atoms with Crippen molar-refractivity contribution >= 4 is 17.8 Å². The Hall–Kier alpha value is -2.88.